The van der Waals surface area contributed by atoms with Gasteiger partial charge in [-0.15, -0.1) is 10.2 Å². The van der Waals surface area contributed by atoms with E-state index in [-0.39, 0.29) is 15.7 Å². The van der Waals surface area contributed by atoms with E-state index in [1.165, 1.54) is 36.7 Å². The summed E-state index contributed by atoms with van der Waals surface area (Å²) < 4.78 is 27.1. The zero-order chi connectivity index (χ0) is 24.1. The quantitative estimate of drug-likeness (QED) is 0.278. The SMILES string of the molecule is CC(=O)C(N=Nc1ccc(S(=O)(=O)Nc2nncs2)cc1)C(=O)Nc1cccc2ccccc12. The standard InChI is InChI=1S/C22H18N6O4S2/c1-14(29)20(21(30)24-19-8-4-6-15-5-2-3-7-18(15)19)26-25-16-9-11-17(12-10-16)34(31,32)28-22-27-23-13-33-22/h2-13,20H,1H3,(H,24,30)(H,27,28). The van der Waals surface area contributed by atoms with Crippen LogP contribution in [0.1, 0.15) is 6.92 Å². The van der Waals surface area contributed by atoms with E-state index in [2.05, 4.69) is 30.5 Å². The van der Waals surface area contributed by atoms with E-state index < -0.39 is 27.8 Å². The first-order valence-corrected chi connectivity index (χ1v) is 12.3. The lowest BCUT2D eigenvalue weighted by molar-refractivity contribution is -0.126. The molecule has 0 spiro atoms. The summed E-state index contributed by atoms with van der Waals surface area (Å²) in [6, 6.07) is 17.1. The van der Waals surface area contributed by atoms with Crippen molar-refractivity contribution in [2.45, 2.75) is 17.9 Å². The molecule has 1 aromatic heterocycles. The number of sulfonamides is 1. The fraction of sp³-hybridized carbons (Fsp3) is 0.0909. The van der Waals surface area contributed by atoms with Crippen molar-refractivity contribution in [3.05, 3.63) is 72.2 Å². The van der Waals surface area contributed by atoms with E-state index >= 15 is 0 Å². The van der Waals surface area contributed by atoms with E-state index in [4.69, 9.17) is 0 Å². The lowest BCUT2D eigenvalue weighted by atomic mass is 10.1. The number of fused-ring (bicyclic) bond motifs is 1. The largest absolute Gasteiger partial charge is 0.323 e. The van der Waals surface area contributed by atoms with Crippen molar-refractivity contribution in [1.29, 1.82) is 0 Å². The van der Waals surface area contributed by atoms with Gasteiger partial charge in [0.25, 0.3) is 15.9 Å². The molecule has 0 saturated carbocycles. The highest BCUT2D eigenvalue weighted by Crippen LogP contribution is 2.24. The first-order chi connectivity index (χ1) is 16.3. The molecule has 34 heavy (non-hydrogen) atoms. The summed E-state index contributed by atoms with van der Waals surface area (Å²) in [6.07, 6.45) is 0. The number of carbonyl (C=O) groups is 2. The Labute approximate surface area is 198 Å². The number of amides is 1. The van der Waals surface area contributed by atoms with E-state index in [0.29, 0.717) is 5.69 Å². The second-order valence-electron chi connectivity index (χ2n) is 7.09. The molecule has 1 atom stereocenters. The van der Waals surface area contributed by atoms with Crippen LogP contribution in [0.4, 0.5) is 16.5 Å². The summed E-state index contributed by atoms with van der Waals surface area (Å²) in [6.45, 7) is 1.25. The number of ketones is 1. The van der Waals surface area contributed by atoms with Crippen LogP contribution in [0.2, 0.25) is 0 Å². The number of anilines is 2. The van der Waals surface area contributed by atoms with Crippen LogP contribution >= 0.6 is 11.3 Å². The van der Waals surface area contributed by atoms with Gasteiger partial charge in [-0.25, -0.2) is 8.42 Å². The second-order valence-corrected chi connectivity index (χ2v) is 9.60. The molecule has 2 N–H and O–H groups in total. The summed E-state index contributed by atoms with van der Waals surface area (Å²) in [4.78, 5) is 24.8. The Morgan fingerprint density at radius 2 is 1.74 bits per heavy atom. The predicted octanol–water partition coefficient (Wildman–Crippen LogP) is 4.17. The number of hydrogen-bond donors (Lipinski definition) is 2. The van der Waals surface area contributed by atoms with Crippen LogP contribution in [-0.2, 0) is 19.6 Å². The van der Waals surface area contributed by atoms with Gasteiger partial charge in [0, 0.05) is 11.1 Å². The highest BCUT2D eigenvalue weighted by atomic mass is 32.2. The molecular weight excluding hydrogens is 476 g/mol. The summed E-state index contributed by atoms with van der Waals surface area (Å²) in [5.41, 5.74) is 2.24. The van der Waals surface area contributed by atoms with Crippen molar-refractivity contribution in [1.82, 2.24) is 10.2 Å². The molecular formula is C22H18N6O4S2. The molecule has 1 heterocycles. The van der Waals surface area contributed by atoms with Crippen LogP contribution in [0.15, 0.2) is 87.4 Å². The third-order valence-corrected chi connectivity index (χ3v) is 6.79. The maximum Gasteiger partial charge on any atom is 0.263 e. The van der Waals surface area contributed by atoms with Crippen LogP contribution in [-0.4, -0.2) is 36.3 Å². The Morgan fingerprint density at radius 1 is 1.00 bits per heavy atom. The van der Waals surface area contributed by atoms with Crippen LogP contribution < -0.4 is 10.0 Å². The first-order valence-electron chi connectivity index (χ1n) is 9.92. The molecule has 3 aromatic carbocycles. The number of Topliss-reactive ketones (excluding diaryl/α,β-unsaturated/α-hetero) is 1. The molecule has 0 aliphatic heterocycles. The van der Waals surface area contributed by atoms with Gasteiger partial charge in [0.1, 0.15) is 5.51 Å². The minimum Gasteiger partial charge on any atom is -0.323 e. The van der Waals surface area contributed by atoms with Crippen molar-refractivity contribution >= 4 is 60.3 Å². The van der Waals surface area contributed by atoms with Gasteiger partial charge in [-0.1, -0.05) is 47.7 Å². The van der Waals surface area contributed by atoms with Gasteiger partial charge in [-0.05, 0) is 42.6 Å². The lowest BCUT2D eigenvalue weighted by Crippen LogP contribution is -2.31. The predicted molar refractivity (Wildman–Crippen MR) is 129 cm³/mol. The first kappa shape index (κ1) is 23.1. The highest BCUT2D eigenvalue weighted by molar-refractivity contribution is 7.93. The number of benzene rings is 3. The van der Waals surface area contributed by atoms with E-state index in [1.54, 1.807) is 12.1 Å². The van der Waals surface area contributed by atoms with Crippen molar-refractivity contribution < 1.29 is 18.0 Å². The smallest absolute Gasteiger partial charge is 0.263 e. The van der Waals surface area contributed by atoms with Crippen LogP contribution in [0, 0.1) is 0 Å². The summed E-state index contributed by atoms with van der Waals surface area (Å²) >= 11 is 1.05. The fourth-order valence-corrected chi connectivity index (χ4v) is 4.75. The van der Waals surface area contributed by atoms with Gasteiger partial charge >= 0.3 is 0 Å². The molecule has 1 unspecified atom stereocenters. The molecule has 4 aromatic rings. The van der Waals surface area contributed by atoms with E-state index in [9.17, 15) is 18.0 Å². The molecule has 172 valence electrons. The number of azo groups is 1. The van der Waals surface area contributed by atoms with Crippen molar-refractivity contribution in [3.8, 4) is 0 Å². The van der Waals surface area contributed by atoms with Gasteiger partial charge < -0.3 is 5.32 Å². The molecule has 10 nitrogen and oxygen atoms in total. The van der Waals surface area contributed by atoms with Gasteiger partial charge in [0.15, 0.2) is 5.78 Å². The third kappa shape index (κ3) is 5.30. The normalized spacial score (nSPS) is 12.5. The van der Waals surface area contributed by atoms with Crippen LogP contribution in [0.25, 0.3) is 10.8 Å². The monoisotopic (exact) mass is 494 g/mol. The topological polar surface area (TPSA) is 143 Å². The average molecular weight is 495 g/mol. The minimum atomic E-state index is -3.84. The van der Waals surface area contributed by atoms with Crippen molar-refractivity contribution in [2.24, 2.45) is 10.2 Å². The summed E-state index contributed by atoms with van der Waals surface area (Å²) in [5, 5.41) is 19.7. The van der Waals surface area contributed by atoms with Gasteiger partial charge in [-0.3, -0.25) is 14.3 Å². The Kier molecular flexibility index (Phi) is 6.70. The Bertz CT molecular complexity index is 1460. The Morgan fingerprint density at radius 3 is 2.44 bits per heavy atom. The van der Waals surface area contributed by atoms with Gasteiger partial charge in [0.2, 0.25) is 11.2 Å². The maximum absolute atomic E-state index is 12.8. The number of carbonyl (C=O) groups excluding carboxylic acids is 2. The highest BCUT2D eigenvalue weighted by Gasteiger charge is 2.24. The molecule has 0 saturated heterocycles. The van der Waals surface area contributed by atoms with Crippen molar-refractivity contribution in [3.63, 3.8) is 0 Å². The van der Waals surface area contributed by atoms with E-state index in [0.717, 1.165) is 22.1 Å². The number of hydrogen-bond acceptors (Lipinski definition) is 9. The number of rotatable bonds is 8. The summed E-state index contributed by atoms with van der Waals surface area (Å²) in [7, 11) is -3.84. The van der Waals surface area contributed by atoms with Gasteiger partial charge in [-0.2, -0.15) is 10.2 Å². The maximum atomic E-state index is 12.8. The van der Waals surface area contributed by atoms with E-state index in [1.807, 2.05) is 30.3 Å². The fourth-order valence-electron chi connectivity index (χ4n) is 3.06. The molecule has 0 bridgehead atoms. The third-order valence-electron chi connectivity index (χ3n) is 4.70. The molecule has 12 heteroatoms. The zero-order valence-corrected chi connectivity index (χ0v) is 19.4. The molecule has 1 amide bonds. The van der Waals surface area contributed by atoms with Crippen molar-refractivity contribution in [2.75, 3.05) is 10.0 Å². The Balaban J connectivity index is 1.49. The number of nitrogens with one attached hydrogen (secondary N) is 2. The summed E-state index contributed by atoms with van der Waals surface area (Å²) in [5.74, 6) is -1.10. The molecule has 0 fully saturated rings. The van der Waals surface area contributed by atoms with Crippen LogP contribution in [0.3, 0.4) is 0 Å². The second kappa shape index (κ2) is 9.85. The van der Waals surface area contributed by atoms with Crippen LogP contribution in [0.5, 0.6) is 0 Å². The average Bonchev–Trinajstić information content (AvgIpc) is 3.32. The number of aromatic nitrogens is 2. The zero-order valence-electron chi connectivity index (χ0n) is 17.7. The minimum absolute atomic E-state index is 0.0153. The molecule has 0 aliphatic rings. The molecule has 4 rings (SSSR count). The molecule has 0 radical (unpaired) electrons. The molecule has 0 aliphatic carbocycles. The lowest BCUT2D eigenvalue weighted by Gasteiger charge is -2.11. The Hall–Kier alpha value is -4.03. The number of nitrogens with zero attached hydrogens (tertiary/aromatic N) is 4. The van der Waals surface area contributed by atoms with Gasteiger partial charge in [0.05, 0.1) is 10.6 Å².